The first kappa shape index (κ1) is 19.9. The highest BCUT2D eigenvalue weighted by atomic mass is 35.5. The highest BCUT2D eigenvalue weighted by molar-refractivity contribution is 7.91. The van der Waals surface area contributed by atoms with E-state index in [1.807, 2.05) is 4.90 Å². The lowest BCUT2D eigenvalue weighted by Crippen LogP contribution is -2.49. The first-order valence-electron chi connectivity index (χ1n) is 8.50. The predicted octanol–water partition coefficient (Wildman–Crippen LogP) is 3.14. The maximum Gasteiger partial charge on any atom is 0.255 e. The number of piperazine rings is 1. The zero-order valence-corrected chi connectivity index (χ0v) is 17.1. The van der Waals surface area contributed by atoms with Crippen LogP contribution in [-0.2, 0) is 9.84 Å². The number of carbonyl (C=O) groups excluding carboxylic acids is 1. The van der Waals surface area contributed by atoms with Crippen molar-refractivity contribution in [2.45, 2.75) is 11.8 Å². The summed E-state index contributed by atoms with van der Waals surface area (Å²) in [4.78, 5) is 20.9. The van der Waals surface area contributed by atoms with Crippen LogP contribution < -0.4 is 4.90 Å². The number of nitrogens with zero attached hydrogens (tertiary/aromatic N) is 3. The second-order valence-corrected chi connectivity index (χ2v) is 9.23. The zero-order chi connectivity index (χ0) is 19.6. The molecule has 1 saturated heterocycles. The number of amides is 1. The fourth-order valence-corrected chi connectivity index (χ4v) is 4.59. The van der Waals surface area contributed by atoms with Gasteiger partial charge in [0, 0.05) is 32.4 Å². The van der Waals surface area contributed by atoms with E-state index < -0.39 is 9.84 Å². The van der Waals surface area contributed by atoms with Crippen molar-refractivity contribution in [3.05, 3.63) is 52.1 Å². The molecule has 1 aliphatic rings. The van der Waals surface area contributed by atoms with Gasteiger partial charge < -0.3 is 9.80 Å². The Morgan fingerprint density at radius 1 is 1.15 bits per heavy atom. The molecule has 144 valence electrons. The highest BCUT2D eigenvalue weighted by Gasteiger charge is 2.27. The van der Waals surface area contributed by atoms with Gasteiger partial charge in [0.05, 0.1) is 26.3 Å². The van der Waals surface area contributed by atoms with Gasteiger partial charge in [-0.2, -0.15) is 0 Å². The third-order valence-corrected chi connectivity index (χ3v) is 6.76. The first-order chi connectivity index (χ1) is 12.8. The van der Waals surface area contributed by atoms with Crippen molar-refractivity contribution < 1.29 is 13.2 Å². The normalized spacial score (nSPS) is 15.1. The summed E-state index contributed by atoms with van der Waals surface area (Å²) in [6, 6.07) is 7.99. The van der Waals surface area contributed by atoms with Crippen LogP contribution in [0.25, 0.3) is 0 Å². The van der Waals surface area contributed by atoms with Crippen molar-refractivity contribution in [2.24, 2.45) is 0 Å². The fraction of sp³-hybridized carbons (Fsp3) is 0.333. The van der Waals surface area contributed by atoms with Crippen LogP contribution in [0.4, 0.5) is 5.82 Å². The Bertz CT molecular complexity index is 958. The van der Waals surface area contributed by atoms with Crippen LogP contribution >= 0.6 is 23.2 Å². The van der Waals surface area contributed by atoms with Gasteiger partial charge in [0.15, 0.2) is 9.84 Å². The summed E-state index contributed by atoms with van der Waals surface area (Å²) in [5, 5.41) is 0.924. The van der Waals surface area contributed by atoms with E-state index in [1.165, 1.54) is 12.3 Å². The molecule has 3 rings (SSSR count). The Balaban J connectivity index is 1.76. The van der Waals surface area contributed by atoms with Crippen molar-refractivity contribution >= 4 is 44.8 Å². The number of aromatic nitrogens is 1. The maximum atomic E-state index is 12.9. The molecular formula is C18H19Cl2N3O3S. The third kappa shape index (κ3) is 4.20. The lowest BCUT2D eigenvalue weighted by Gasteiger charge is -2.36. The molecule has 0 radical (unpaired) electrons. The Hall–Kier alpha value is -1.83. The molecule has 0 N–H and O–H groups in total. The van der Waals surface area contributed by atoms with Crippen LogP contribution in [0.5, 0.6) is 0 Å². The Morgan fingerprint density at radius 2 is 1.81 bits per heavy atom. The summed E-state index contributed by atoms with van der Waals surface area (Å²) in [5.41, 5.74) is 0.218. The minimum atomic E-state index is -3.47. The van der Waals surface area contributed by atoms with E-state index in [4.69, 9.17) is 23.2 Å². The molecule has 9 heteroatoms. The van der Waals surface area contributed by atoms with Gasteiger partial charge in [0.25, 0.3) is 5.91 Å². The van der Waals surface area contributed by atoms with Crippen molar-refractivity contribution in [3.63, 3.8) is 0 Å². The molecule has 27 heavy (non-hydrogen) atoms. The van der Waals surface area contributed by atoms with Gasteiger partial charge >= 0.3 is 0 Å². The summed E-state index contributed by atoms with van der Waals surface area (Å²) in [6.45, 7) is 3.55. The van der Waals surface area contributed by atoms with Crippen LogP contribution in [0.1, 0.15) is 17.3 Å². The monoisotopic (exact) mass is 427 g/mol. The van der Waals surface area contributed by atoms with Crippen molar-refractivity contribution in [3.8, 4) is 0 Å². The molecule has 0 unspecified atom stereocenters. The summed E-state index contributed by atoms with van der Waals surface area (Å²) in [7, 11) is -3.47. The minimum absolute atomic E-state index is 0.0498. The average Bonchev–Trinajstić information content (AvgIpc) is 2.67. The number of halogens is 2. The fourth-order valence-electron chi connectivity index (χ4n) is 3.00. The molecule has 0 bridgehead atoms. The highest BCUT2D eigenvalue weighted by Crippen LogP contribution is 2.27. The molecule has 6 nitrogen and oxygen atoms in total. The standard InChI is InChI=1S/C18H19Cl2N3O3S/c1-2-27(25,26)16-6-4-3-5-14(16)18(24)23-9-7-22(8-10-23)17-15(20)11-13(19)12-21-17/h3-6,11-12H,2,7-10H2,1H3. The summed E-state index contributed by atoms with van der Waals surface area (Å²) in [6.07, 6.45) is 1.53. The topological polar surface area (TPSA) is 70.6 Å². The second-order valence-electron chi connectivity index (χ2n) is 6.14. The van der Waals surface area contributed by atoms with Gasteiger partial charge in [-0.1, -0.05) is 42.3 Å². The molecule has 0 saturated carbocycles. The number of sulfone groups is 1. The molecule has 1 aromatic carbocycles. The van der Waals surface area contributed by atoms with E-state index in [9.17, 15) is 13.2 Å². The van der Waals surface area contributed by atoms with Crippen molar-refractivity contribution in [1.29, 1.82) is 0 Å². The van der Waals surface area contributed by atoms with Crippen LogP contribution in [0.3, 0.4) is 0 Å². The van der Waals surface area contributed by atoms with Crippen molar-refractivity contribution in [1.82, 2.24) is 9.88 Å². The molecule has 2 aromatic rings. The number of carbonyl (C=O) groups is 1. The lowest BCUT2D eigenvalue weighted by molar-refractivity contribution is 0.0742. The molecule has 2 heterocycles. The zero-order valence-electron chi connectivity index (χ0n) is 14.7. The Morgan fingerprint density at radius 3 is 2.44 bits per heavy atom. The Kier molecular flexibility index (Phi) is 5.93. The number of pyridine rings is 1. The lowest BCUT2D eigenvalue weighted by atomic mass is 10.2. The quantitative estimate of drug-likeness (QED) is 0.749. The van der Waals surface area contributed by atoms with E-state index in [2.05, 4.69) is 4.98 Å². The van der Waals surface area contributed by atoms with Gasteiger partial charge in [-0.3, -0.25) is 4.79 Å². The van der Waals surface area contributed by atoms with E-state index in [1.54, 1.807) is 36.1 Å². The predicted molar refractivity (Wildman–Crippen MR) is 107 cm³/mol. The van der Waals surface area contributed by atoms with Gasteiger partial charge in [-0.15, -0.1) is 0 Å². The first-order valence-corrected chi connectivity index (χ1v) is 10.9. The van der Waals surface area contributed by atoms with Crippen LogP contribution in [0.15, 0.2) is 41.4 Å². The molecule has 1 fully saturated rings. The molecule has 0 spiro atoms. The van der Waals surface area contributed by atoms with Crippen molar-refractivity contribution in [2.75, 3.05) is 36.8 Å². The largest absolute Gasteiger partial charge is 0.352 e. The van der Waals surface area contributed by atoms with E-state index in [0.717, 1.165) is 0 Å². The van der Waals surface area contributed by atoms with Gasteiger partial charge in [-0.05, 0) is 18.2 Å². The SMILES string of the molecule is CCS(=O)(=O)c1ccccc1C(=O)N1CCN(c2ncc(Cl)cc2Cl)CC1. The van der Waals surface area contributed by atoms with Crippen LogP contribution in [0.2, 0.25) is 10.0 Å². The van der Waals surface area contributed by atoms with E-state index in [-0.39, 0.29) is 22.1 Å². The summed E-state index contributed by atoms with van der Waals surface area (Å²) in [5.74, 6) is 0.297. The Labute approximate surface area is 168 Å². The number of hydrogen-bond acceptors (Lipinski definition) is 5. The summed E-state index contributed by atoms with van der Waals surface area (Å²) >= 11 is 12.1. The number of hydrogen-bond donors (Lipinski definition) is 0. The van der Waals surface area contributed by atoms with E-state index >= 15 is 0 Å². The smallest absolute Gasteiger partial charge is 0.255 e. The molecule has 0 atom stereocenters. The average molecular weight is 428 g/mol. The second kappa shape index (κ2) is 8.04. The molecular weight excluding hydrogens is 409 g/mol. The third-order valence-electron chi connectivity index (χ3n) is 4.49. The molecule has 1 amide bonds. The van der Waals surface area contributed by atoms with Gasteiger partial charge in [-0.25, -0.2) is 13.4 Å². The molecule has 0 aliphatic carbocycles. The number of anilines is 1. The maximum absolute atomic E-state index is 12.9. The minimum Gasteiger partial charge on any atom is -0.352 e. The number of benzene rings is 1. The summed E-state index contributed by atoms with van der Waals surface area (Å²) < 4.78 is 24.6. The molecule has 1 aliphatic heterocycles. The van der Waals surface area contributed by atoms with E-state index in [0.29, 0.717) is 42.0 Å². The molecule has 1 aromatic heterocycles. The van der Waals surface area contributed by atoms with Crippen LogP contribution in [0, 0.1) is 0 Å². The number of rotatable bonds is 4. The van der Waals surface area contributed by atoms with Crippen LogP contribution in [-0.4, -0.2) is 56.1 Å². The van der Waals surface area contributed by atoms with Gasteiger partial charge in [0.2, 0.25) is 0 Å². The van der Waals surface area contributed by atoms with Gasteiger partial charge in [0.1, 0.15) is 5.82 Å².